The predicted octanol–water partition coefficient (Wildman–Crippen LogP) is 3.46. The molecule has 0 aliphatic heterocycles. The van der Waals surface area contributed by atoms with Crippen LogP contribution < -0.4 is 5.69 Å². The van der Waals surface area contributed by atoms with Crippen molar-refractivity contribution < 1.29 is 9.90 Å². The minimum Gasteiger partial charge on any atom is -0.465 e. The van der Waals surface area contributed by atoms with Crippen molar-refractivity contribution in [3.63, 3.8) is 0 Å². The van der Waals surface area contributed by atoms with E-state index in [-0.39, 0.29) is 17.8 Å². The quantitative estimate of drug-likeness (QED) is 0.860. The number of fused-ring (bicyclic) bond motifs is 1. The van der Waals surface area contributed by atoms with E-state index in [2.05, 4.69) is 11.1 Å². The Morgan fingerprint density at radius 1 is 1.31 bits per heavy atom. The van der Waals surface area contributed by atoms with Gasteiger partial charge in [0.25, 0.3) is 0 Å². The van der Waals surface area contributed by atoms with Gasteiger partial charge in [-0.15, -0.1) is 0 Å². The van der Waals surface area contributed by atoms with Crippen molar-refractivity contribution in [1.82, 2.24) is 14.5 Å². The zero-order valence-corrected chi connectivity index (χ0v) is 15.3. The average Bonchev–Trinajstić information content (AvgIpc) is 2.88. The van der Waals surface area contributed by atoms with E-state index in [1.54, 1.807) is 27.7 Å². The Bertz CT molecular complexity index is 921. The van der Waals surface area contributed by atoms with Gasteiger partial charge in [0.15, 0.2) is 0 Å². The summed E-state index contributed by atoms with van der Waals surface area (Å²) in [5.41, 5.74) is 1.34. The summed E-state index contributed by atoms with van der Waals surface area (Å²) in [5.74, 6) is 0. The summed E-state index contributed by atoms with van der Waals surface area (Å²) in [7, 11) is 0. The molecular formula is C19H24N4O3. The average molecular weight is 356 g/mol. The number of nitrogens with zero attached hydrogens (tertiary/aromatic N) is 3. The first-order valence-corrected chi connectivity index (χ1v) is 8.89. The first-order valence-electron chi connectivity index (χ1n) is 8.89. The molecule has 3 rings (SSSR count). The summed E-state index contributed by atoms with van der Waals surface area (Å²) < 4.78 is 1.76. The summed E-state index contributed by atoms with van der Waals surface area (Å²) in [4.78, 5) is 28.5. The molecule has 1 amide bonds. The molecule has 2 N–H and O–H groups in total. The van der Waals surface area contributed by atoms with Gasteiger partial charge >= 0.3 is 11.8 Å². The maximum atomic E-state index is 12.4. The van der Waals surface area contributed by atoms with Crippen LogP contribution in [0, 0.1) is 11.3 Å². The van der Waals surface area contributed by atoms with Crippen molar-refractivity contribution in [2.24, 2.45) is 0 Å². The molecule has 0 spiro atoms. The molecule has 26 heavy (non-hydrogen) atoms. The summed E-state index contributed by atoms with van der Waals surface area (Å²) in [5, 5.41) is 18.6. The lowest BCUT2D eigenvalue weighted by Crippen LogP contribution is -2.52. The van der Waals surface area contributed by atoms with Crippen LogP contribution in [0.5, 0.6) is 0 Å². The Kier molecular flexibility index (Phi) is 4.53. The molecule has 2 aromatic rings. The van der Waals surface area contributed by atoms with Crippen LogP contribution in [-0.2, 0) is 0 Å². The number of nitriles is 1. The van der Waals surface area contributed by atoms with Gasteiger partial charge in [-0.05, 0) is 64.7 Å². The number of rotatable bonds is 2. The Labute approximate surface area is 151 Å². The minimum atomic E-state index is -0.894. The molecule has 138 valence electrons. The maximum Gasteiger partial charge on any atom is 0.407 e. The van der Waals surface area contributed by atoms with Crippen molar-refractivity contribution >= 4 is 17.1 Å². The highest BCUT2D eigenvalue weighted by Crippen LogP contribution is 2.34. The van der Waals surface area contributed by atoms with Gasteiger partial charge in [-0.25, -0.2) is 9.59 Å². The number of nitrogens with one attached hydrogen (secondary N) is 1. The zero-order valence-electron chi connectivity index (χ0n) is 15.3. The van der Waals surface area contributed by atoms with Crippen molar-refractivity contribution in [2.45, 2.75) is 64.1 Å². The van der Waals surface area contributed by atoms with Gasteiger partial charge in [-0.2, -0.15) is 5.26 Å². The van der Waals surface area contributed by atoms with E-state index >= 15 is 0 Å². The predicted molar refractivity (Wildman–Crippen MR) is 98.2 cm³/mol. The summed E-state index contributed by atoms with van der Waals surface area (Å²) in [6.45, 7) is 5.72. The molecule has 0 bridgehead atoms. The minimum absolute atomic E-state index is 0.0325. The van der Waals surface area contributed by atoms with Crippen LogP contribution in [-0.4, -0.2) is 37.2 Å². The molecule has 1 aromatic carbocycles. The molecule has 1 aliphatic rings. The molecule has 0 atom stereocenters. The van der Waals surface area contributed by atoms with Crippen molar-refractivity contribution in [1.29, 1.82) is 5.26 Å². The van der Waals surface area contributed by atoms with Crippen LogP contribution in [0.15, 0.2) is 23.0 Å². The Balaban J connectivity index is 1.84. The Morgan fingerprint density at radius 3 is 2.50 bits per heavy atom. The number of benzene rings is 1. The number of imidazole rings is 1. The lowest BCUT2D eigenvalue weighted by molar-refractivity contribution is 0.0512. The van der Waals surface area contributed by atoms with E-state index in [0.717, 1.165) is 31.2 Å². The Morgan fingerprint density at radius 2 is 1.96 bits per heavy atom. The molecule has 1 saturated carbocycles. The van der Waals surface area contributed by atoms with Crippen LogP contribution in [0.3, 0.4) is 0 Å². The van der Waals surface area contributed by atoms with Crippen molar-refractivity contribution in [3.05, 3.63) is 34.2 Å². The van der Waals surface area contributed by atoms with Crippen LogP contribution in [0.25, 0.3) is 11.0 Å². The number of hydrogen-bond donors (Lipinski definition) is 2. The third-order valence-corrected chi connectivity index (χ3v) is 5.17. The lowest BCUT2D eigenvalue weighted by Gasteiger charge is -2.42. The van der Waals surface area contributed by atoms with Gasteiger partial charge < -0.3 is 15.0 Å². The standard InChI is InChI=1S/C19H24N4O3/c1-19(2,3)23(18(25)26)14-7-5-13(6-8-14)22-16-9-4-12(11-20)10-15(16)21-17(22)24/h4,9-10,13-14H,5-8H2,1-3H3,(H,21,24)(H,25,26). The van der Waals surface area contributed by atoms with E-state index in [1.165, 1.54) is 0 Å². The SMILES string of the molecule is CC(C)(C)N(C(=O)O)C1CCC(n2c(=O)[nH]c3cc(C#N)ccc32)CC1. The second-order valence-electron chi connectivity index (χ2n) is 7.93. The molecule has 0 unspecified atom stereocenters. The molecule has 0 radical (unpaired) electrons. The highest BCUT2D eigenvalue weighted by atomic mass is 16.4. The van der Waals surface area contributed by atoms with Crippen LogP contribution in [0.2, 0.25) is 0 Å². The second kappa shape index (κ2) is 6.52. The second-order valence-corrected chi connectivity index (χ2v) is 7.93. The highest BCUT2D eigenvalue weighted by Gasteiger charge is 2.36. The third-order valence-electron chi connectivity index (χ3n) is 5.17. The van der Waals surface area contributed by atoms with Crippen molar-refractivity contribution in [2.75, 3.05) is 0 Å². The molecule has 1 aromatic heterocycles. The molecule has 0 saturated heterocycles. The first-order chi connectivity index (χ1) is 12.2. The van der Waals surface area contributed by atoms with Crippen LogP contribution >= 0.6 is 0 Å². The number of carbonyl (C=O) groups is 1. The van der Waals surface area contributed by atoms with Crippen LogP contribution in [0.1, 0.15) is 58.1 Å². The van der Waals surface area contributed by atoms with Gasteiger partial charge in [-0.3, -0.25) is 4.57 Å². The number of carboxylic acid groups (broad SMARTS) is 1. The summed E-state index contributed by atoms with van der Waals surface area (Å²) >= 11 is 0. The lowest BCUT2D eigenvalue weighted by atomic mass is 9.87. The molecule has 1 aliphatic carbocycles. The summed E-state index contributed by atoms with van der Waals surface area (Å²) in [6, 6.07) is 7.28. The smallest absolute Gasteiger partial charge is 0.407 e. The molecule has 7 heteroatoms. The largest absolute Gasteiger partial charge is 0.465 e. The molecule has 7 nitrogen and oxygen atoms in total. The Hall–Kier alpha value is -2.75. The van der Waals surface area contributed by atoms with E-state index in [1.807, 2.05) is 20.8 Å². The van der Waals surface area contributed by atoms with Gasteiger partial charge in [0, 0.05) is 17.6 Å². The van der Waals surface area contributed by atoms with Gasteiger partial charge in [0.05, 0.1) is 22.7 Å². The number of H-pyrrole nitrogens is 1. The van der Waals surface area contributed by atoms with Gasteiger partial charge in [0.2, 0.25) is 0 Å². The number of amides is 1. The van der Waals surface area contributed by atoms with Crippen LogP contribution in [0.4, 0.5) is 4.79 Å². The highest BCUT2D eigenvalue weighted by molar-refractivity contribution is 5.77. The van der Waals surface area contributed by atoms with Gasteiger partial charge in [0.1, 0.15) is 0 Å². The van der Waals surface area contributed by atoms with E-state index in [4.69, 9.17) is 5.26 Å². The topological polar surface area (TPSA) is 102 Å². The molecular weight excluding hydrogens is 332 g/mol. The van der Waals surface area contributed by atoms with Gasteiger partial charge in [-0.1, -0.05) is 0 Å². The fourth-order valence-corrected chi connectivity index (χ4v) is 4.13. The number of hydrogen-bond acceptors (Lipinski definition) is 3. The third kappa shape index (κ3) is 3.19. The van der Waals surface area contributed by atoms with E-state index < -0.39 is 11.6 Å². The zero-order chi connectivity index (χ0) is 19.1. The fraction of sp³-hybridized carbons (Fsp3) is 0.526. The van der Waals surface area contributed by atoms with E-state index in [9.17, 15) is 14.7 Å². The normalized spacial score (nSPS) is 20.7. The van der Waals surface area contributed by atoms with E-state index in [0.29, 0.717) is 11.1 Å². The van der Waals surface area contributed by atoms with Crippen molar-refractivity contribution in [3.8, 4) is 6.07 Å². The molecule has 1 heterocycles. The number of aromatic amines is 1. The monoisotopic (exact) mass is 356 g/mol. The fourth-order valence-electron chi connectivity index (χ4n) is 4.13. The first kappa shape index (κ1) is 18.1. The summed E-state index contributed by atoms with van der Waals surface area (Å²) in [6.07, 6.45) is 2.05. The molecule has 1 fully saturated rings. The number of aromatic nitrogens is 2. The maximum absolute atomic E-state index is 12.4.